The second-order valence-electron chi connectivity index (χ2n) is 3.78. The predicted molar refractivity (Wildman–Crippen MR) is 71.4 cm³/mol. The minimum absolute atomic E-state index is 0.0106. The molecule has 3 nitrogen and oxygen atoms in total. The van der Waals surface area contributed by atoms with Crippen LogP contribution in [0.3, 0.4) is 0 Å². The predicted octanol–water partition coefficient (Wildman–Crippen LogP) is 3.32. The van der Waals surface area contributed by atoms with Crippen LogP contribution in [0.2, 0.25) is 0 Å². The summed E-state index contributed by atoms with van der Waals surface area (Å²) in [6.07, 6.45) is 1.67. The maximum Gasteiger partial charge on any atom is 0.163 e. The second kappa shape index (κ2) is 6.64. The molecule has 0 amide bonds. The summed E-state index contributed by atoms with van der Waals surface area (Å²) in [6, 6.07) is 3.24. The molecule has 1 rings (SSSR count). The molecular weight excluding hydrogens is 284 g/mol. The van der Waals surface area contributed by atoms with Crippen molar-refractivity contribution in [1.29, 1.82) is 0 Å². The third-order valence-electron chi connectivity index (χ3n) is 2.47. The highest BCUT2D eigenvalue weighted by Crippen LogP contribution is 2.29. The molecule has 0 aliphatic rings. The number of carbonyl (C=O) groups excluding carboxylic acids is 1. The number of benzene rings is 1. The Bertz CT molecular complexity index is 402. The van der Waals surface area contributed by atoms with Gasteiger partial charge in [0.15, 0.2) is 5.78 Å². The second-order valence-corrected chi connectivity index (χ2v) is 4.57. The monoisotopic (exact) mass is 300 g/mol. The van der Waals surface area contributed by atoms with Gasteiger partial charge >= 0.3 is 0 Å². The first-order chi connectivity index (χ1) is 8.10. The number of aryl methyl sites for hydroxylation is 1. The van der Waals surface area contributed by atoms with Gasteiger partial charge in [-0.25, -0.2) is 0 Å². The first-order valence-electron chi connectivity index (χ1n) is 5.65. The topological polar surface area (TPSA) is 46.5 Å². The number of aromatic hydroxyl groups is 1. The Morgan fingerprint density at radius 1 is 1.47 bits per heavy atom. The van der Waals surface area contributed by atoms with Crippen LogP contribution in [0.4, 0.5) is 0 Å². The van der Waals surface area contributed by atoms with Crippen LogP contribution in [0.1, 0.15) is 36.2 Å². The number of Topliss-reactive ketones (excluding diaryl/α,β-unsaturated/α-hetero) is 1. The molecule has 17 heavy (non-hydrogen) atoms. The molecule has 0 spiro atoms. The van der Waals surface area contributed by atoms with Gasteiger partial charge in [0.2, 0.25) is 0 Å². The largest absolute Gasteiger partial charge is 0.507 e. The van der Waals surface area contributed by atoms with Gasteiger partial charge in [0.1, 0.15) is 11.5 Å². The molecule has 1 N–H and O–H groups in total. The van der Waals surface area contributed by atoms with E-state index >= 15 is 0 Å². The van der Waals surface area contributed by atoms with Gasteiger partial charge in [0, 0.05) is 11.4 Å². The molecule has 0 aromatic heterocycles. The van der Waals surface area contributed by atoms with Gasteiger partial charge in [-0.1, -0.05) is 22.9 Å². The molecule has 0 saturated heterocycles. The molecule has 0 saturated carbocycles. The fraction of sp³-hybridized carbons (Fsp3) is 0.462. The Hall–Kier alpha value is -1.03. The highest BCUT2D eigenvalue weighted by atomic mass is 79.9. The van der Waals surface area contributed by atoms with Crippen LogP contribution in [0.15, 0.2) is 12.1 Å². The zero-order valence-corrected chi connectivity index (χ0v) is 11.7. The lowest BCUT2D eigenvalue weighted by atomic mass is 10.0. The van der Waals surface area contributed by atoms with Crippen molar-refractivity contribution in [2.24, 2.45) is 0 Å². The van der Waals surface area contributed by atoms with E-state index in [-0.39, 0.29) is 11.5 Å². The third kappa shape index (κ3) is 3.73. The molecule has 0 unspecified atom stereocenters. The summed E-state index contributed by atoms with van der Waals surface area (Å²) in [5, 5.41) is 10.6. The Balaban J connectivity index is 2.97. The number of phenolic OH excluding ortho intramolecular Hbond substituents is 1. The van der Waals surface area contributed by atoms with Crippen LogP contribution in [-0.4, -0.2) is 22.8 Å². The van der Waals surface area contributed by atoms with E-state index in [1.165, 1.54) is 13.0 Å². The standard InChI is InChI=1S/C13H17BrO3/c1-3-10-7-11(9(2)15)12(16)8-13(10)17-6-4-5-14/h7-8,16H,3-6H2,1-2H3. The Morgan fingerprint density at radius 3 is 2.71 bits per heavy atom. The number of rotatable bonds is 6. The average molecular weight is 301 g/mol. The maximum absolute atomic E-state index is 11.3. The van der Waals surface area contributed by atoms with E-state index in [1.807, 2.05) is 6.92 Å². The molecule has 0 radical (unpaired) electrons. The van der Waals surface area contributed by atoms with E-state index in [0.717, 1.165) is 23.7 Å². The highest BCUT2D eigenvalue weighted by Gasteiger charge is 2.12. The average Bonchev–Trinajstić information content (AvgIpc) is 2.29. The molecule has 0 heterocycles. The van der Waals surface area contributed by atoms with Crippen molar-refractivity contribution in [3.63, 3.8) is 0 Å². The molecule has 4 heteroatoms. The van der Waals surface area contributed by atoms with Crippen LogP contribution >= 0.6 is 15.9 Å². The van der Waals surface area contributed by atoms with Gasteiger partial charge in [-0.2, -0.15) is 0 Å². The van der Waals surface area contributed by atoms with E-state index in [9.17, 15) is 9.90 Å². The van der Waals surface area contributed by atoms with Crippen molar-refractivity contribution in [3.05, 3.63) is 23.3 Å². The lowest BCUT2D eigenvalue weighted by molar-refractivity contribution is 0.101. The first-order valence-corrected chi connectivity index (χ1v) is 6.77. The van der Waals surface area contributed by atoms with E-state index in [1.54, 1.807) is 6.07 Å². The quantitative estimate of drug-likeness (QED) is 0.498. The Labute approximate surface area is 110 Å². The number of halogens is 1. The van der Waals surface area contributed by atoms with Crippen molar-refractivity contribution in [2.45, 2.75) is 26.7 Å². The summed E-state index contributed by atoms with van der Waals surface area (Å²) < 4.78 is 5.58. The number of alkyl halides is 1. The summed E-state index contributed by atoms with van der Waals surface area (Å²) in [5.41, 5.74) is 1.30. The van der Waals surface area contributed by atoms with Gasteiger partial charge < -0.3 is 9.84 Å². The van der Waals surface area contributed by atoms with E-state index in [4.69, 9.17) is 4.74 Å². The Morgan fingerprint density at radius 2 is 2.18 bits per heavy atom. The van der Waals surface area contributed by atoms with Gasteiger partial charge in [-0.15, -0.1) is 0 Å². The number of phenols is 1. The van der Waals surface area contributed by atoms with E-state index in [0.29, 0.717) is 17.9 Å². The summed E-state index contributed by atoms with van der Waals surface area (Å²) in [7, 11) is 0. The van der Waals surface area contributed by atoms with E-state index in [2.05, 4.69) is 15.9 Å². The minimum Gasteiger partial charge on any atom is -0.507 e. The van der Waals surface area contributed by atoms with Crippen LogP contribution in [0.5, 0.6) is 11.5 Å². The Kier molecular flexibility index (Phi) is 5.48. The van der Waals surface area contributed by atoms with Gasteiger partial charge in [0.05, 0.1) is 12.2 Å². The maximum atomic E-state index is 11.3. The van der Waals surface area contributed by atoms with Gasteiger partial charge in [0.25, 0.3) is 0 Å². The number of ether oxygens (including phenoxy) is 1. The van der Waals surface area contributed by atoms with Crippen molar-refractivity contribution in [3.8, 4) is 11.5 Å². The number of carbonyl (C=O) groups is 1. The molecule has 1 aromatic rings. The third-order valence-corrected chi connectivity index (χ3v) is 3.04. The van der Waals surface area contributed by atoms with Gasteiger partial charge in [-0.05, 0) is 31.4 Å². The van der Waals surface area contributed by atoms with E-state index < -0.39 is 0 Å². The smallest absolute Gasteiger partial charge is 0.163 e. The lowest BCUT2D eigenvalue weighted by Gasteiger charge is -2.12. The molecule has 0 fully saturated rings. The number of hydrogen-bond donors (Lipinski definition) is 1. The summed E-state index contributed by atoms with van der Waals surface area (Å²) in [4.78, 5) is 11.3. The van der Waals surface area contributed by atoms with Crippen molar-refractivity contribution in [2.75, 3.05) is 11.9 Å². The van der Waals surface area contributed by atoms with Gasteiger partial charge in [-0.3, -0.25) is 4.79 Å². The van der Waals surface area contributed by atoms with Crippen LogP contribution in [-0.2, 0) is 6.42 Å². The minimum atomic E-state index is -0.135. The fourth-order valence-corrected chi connectivity index (χ4v) is 1.77. The molecule has 0 aliphatic heterocycles. The molecule has 0 aliphatic carbocycles. The van der Waals surface area contributed by atoms with Crippen LogP contribution in [0.25, 0.3) is 0 Å². The van der Waals surface area contributed by atoms with Crippen LogP contribution < -0.4 is 4.74 Å². The summed E-state index contributed by atoms with van der Waals surface area (Å²) in [6.45, 7) is 4.03. The van der Waals surface area contributed by atoms with Crippen molar-refractivity contribution < 1.29 is 14.6 Å². The zero-order chi connectivity index (χ0) is 12.8. The highest BCUT2D eigenvalue weighted by molar-refractivity contribution is 9.09. The summed E-state index contributed by atoms with van der Waals surface area (Å²) >= 11 is 3.33. The lowest BCUT2D eigenvalue weighted by Crippen LogP contribution is -2.02. The zero-order valence-electron chi connectivity index (χ0n) is 10.1. The molecule has 1 aromatic carbocycles. The molecule has 0 bridgehead atoms. The summed E-state index contributed by atoms with van der Waals surface area (Å²) in [5.74, 6) is 0.517. The molecule has 94 valence electrons. The fourth-order valence-electron chi connectivity index (χ4n) is 1.54. The van der Waals surface area contributed by atoms with Crippen molar-refractivity contribution >= 4 is 21.7 Å². The molecule has 0 atom stereocenters. The van der Waals surface area contributed by atoms with Crippen LogP contribution in [0, 0.1) is 0 Å². The number of ketones is 1. The normalized spacial score (nSPS) is 10.3. The molecular formula is C13H17BrO3. The van der Waals surface area contributed by atoms with Crippen molar-refractivity contribution in [1.82, 2.24) is 0 Å². The first kappa shape index (κ1) is 14.0. The number of hydrogen-bond acceptors (Lipinski definition) is 3. The SMILES string of the molecule is CCc1cc(C(C)=O)c(O)cc1OCCCBr.